The summed E-state index contributed by atoms with van der Waals surface area (Å²) in [6.07, 6.45) is 4.51. The van der Waals surface area contributed by atoms with Crippen LogP contribution in [0.1, 0.15) is 56.2 Å². The van der Waals surface area contributed by atoms with E-state index in [0.29, 0.717) is 0 Å². The number of H-pyrrole nitrogens is 1. The maximum atomic E-state index is 3.75. The van der Waals surface area contributed by atoms with E-state index in [2.05, 4.69) is 164 Å². The lowest BCUT2D eigenvalue weighted by atomic mass is 9.71. The second-order valence-electron chi connectivity index (χ2n) is 13.0. The van der Waals surface area contributed by atoms with Crippen LogP contribution in [0.3, 0.4) is 0 Å². The standard InChI is InChI=1S/C44H40N2/c1-4-26-44(27-5-2)40-28-31(35-15-11-16-39-38-14-9-10-17-42(38)45-43(35)39)20-24-36(40)37-25-23-34(29-41(37)44)46(32-12-7-6-8-13-32)33-21-18-30(3)19-22-33/h6-25,28-29,45H,4-5,26-27H2,1-3H3. The lowest BCUT2D eigenvalue weighted by Gasteiger charge is -2.33. The zero-order valence-corrected chi connectivity index (χ0v) is 27.0. The lowest BCUT2D eigenvalue weighted by Crippen LogP contribution is -2.25. The van der Waals surface area contributed by atoms with Crippen LogP contribution in [0.5, 0.6) is 0 Å². The highest BCUT2D eigenvalue weighted by Crippen LogP contribution is 2.56. The Labute approximate surface area is 272 Å². The molecule has 226 valence electrons. The fraction of sp³-hybridized carbons (Fsp3) is 0.182. The van der Waals surface area contributed by atoms with E-state index < -0.39 is 0 Å². The van der Waals surface area contributed by atoms with Crippen molar-refractivity contribution in [3.63, 3.8) is 0 Å². The molecule has 1 aliphatic carbocycles. The molecule has 0 aliphatic heterocycles. The van der Waals surface area contributed by atoms with E-state index in [9.17, 15) is 0 Å². The quantitative estimate of drug-likeness (QED) is 0.185. The summed E-state index contributed by atoms with van der Waals surface area (Å²) >= 11 is 0. The topological polar surface area (TPSA) is 19.0 Å². The molecule has 7 aromatic rings. The van der Waals surface area contributed by atoms with Crippen molar-refractivity contribution < 1.29 is 0 Å². The highest BCUT2D eigenvalue weighted by atomic mass is 15.1. The number of para-hydroxylation sites is 3. The summed E-state index contributed by atoms with van der Waals surface area (Å²) < 4.78 is 0. The number of nitrogens with one attached hydrogen (secondary N) is 1. The van der Waals surface area contributed by atoms with Crippen LogP contribution in [0.15, 0.2) is 133 Å². The molecule has 1 N–H and O–H groups in total. The molecule has 0 atom stereocenters. The van der Waals surface area contributed by atoms with Crippen molar-refractivity contribution in [1.82, 2.24) is 4.98 Å². The number of hydrogen-bond donors (Lipinski definition) is 1. The first-order valence-electron chi connectivity index (χ1n) is 16.8. The van der Waals surface area contributed by atoms with Crippen LogP contribution in [0.2, 0.25) is 0 Å². The first-order valence-corrected chi connectivity index (χ1v) is 16.8. The van der Waals surface area contributed by atoms with Gasteiger partial charge in [-0.1, -0.05) is 117 Å². The second kappa shape index (κ2) is 11.4. The normalized spacial score (nSPS) is 13.2. The maximum absolute atomic E-state index is 3.75. The predicted molar refractivity (Wildman–Crippen MR) is 197 cm³/mol. The first-order chi connectivity index (χ1) is 22.6. The van der Waals surface area contributed by atoms with Gasteiger partial charge >= 0.3 is 0 Å². The predicted octanol–water partition coefficient (Wildman–Crippen LogP) is 12.6. The highest BCUT2D eigenvalue weighted by Gasteiger charge is 2.42. The molecule has 46 heavy (non-hydrogen) atoms. The van der Waals surface area contributed by atoms with Gasteiger partial charge in [0.2, 0.25) is 0 Å². The molecule has 2 nitrogen and oxygen atoms in total. The van der Waals surface area contributed by atoms with E-state index in [4.69, 9.17) is 0 Å². The third kappa shape index (κ3) is 4.47. The zero-order chi connectivity index (χ0) is 31.3. The molecule has 0 saturated carbocycles. The number of nitrogens with zero attached hydrogens (tertiary/aromatic N) is 1. The van der Waals surface area contributed by atoms with Gasteiger partial charge in [0, 0.05) is 44.3 Å². The summed E-state index contributed by atoms with van der Waals surface area (Å²) in [5, 5.41) is 2.57. The Morgan fingerprint density at radius 2 is 1.17 bits per heavy atom. The molecule has 0 spiro atoms. The molecular formula is C44H40N2. The highest BCUT2D eigenvalue weighted by molar-refractivity contribution is 6.12. The molecule has 6 aromatic carbocycles. The van der Waals surface area contributed by atoms with Crippen molar-refractivity contribution in [3.8, 4) is 22.3 Å². The molecule has 0 amide bonds. The SMILES string of the molecule is CCCC1(CCC)c2cc(-c3cccc4c3[nH]c3ccccc34)ccc2-c2ccc(N(c3ccccc3)c3ccc(C)cc3)cc21. The number of aromatic nitrogens is 1. The second-order valence-corrected chi connectivity index (χ2v) is 13.0. The summed E-state index contributed by atoms with van der Waals surface area (Å²) in [6.45, 7) is 6.84. The molecule has 0 fully saturated rings. The fourth-order valence-corrected chi connectivity index (χ4v) is 8.14. The first kappa shape index (κ1) is 28.4. The van der Waals surface area contributed by atoms with Gasteiger partial charge in [0.15, 0.2) is 0 Å². The van der Waals surface area contributed by atoms with Crippen molar-refractivity contribution in [2.75, 3.05) is 4.90 Å². The Balaban J connectivity index is 1.31. The largest absolute Gasteiger partial charge is 0.354 e. The van der Waals surface area contributed by atoms with Crippen molar-refractivity contribution in [2.45, 2.75) is 51.9 Å². The molecule has 0 radical (unpaired) electrons. The van der Waals surface area contributed by atoms with Crippen LogP contribution >= 0.6 is 0 Å². The molecular weight excluding hydrogens is 556 g/mol. The summed E-state index contributed by atoms with van der Waals surface area (Å²) in [6, 6.07) is 49.5. The number of benzene rings is 6. The fourth-order valence-electron chi connectivity index (χ4n) is 8.14. The van der Waals surface area contributed by atoms with Gasteiger partial charge in [-0.2, -0.15) is 0 Å². The van der Waals surface area contributed by atoms with Gasteiger partial charge in [-0.15, -0.1) is 0 Å². The number of anilines is 3. The van der Waals surface area contributed by atoms with Gasteiger partial charge in [0.25, 0.3) is 0 Å². The van der Waals surface area contributed by atoms with Crippen LogP contribution in [-0.4, -0.2) is 4.98 Å². The Hall–Kier alpha value is -5.08. The summed E-state index contributed by atoms with van der Waals surface area (Å²) in [5.41, 5.74) is 15.5. The number of hydrogen-bond acceptors (Lipinski definition) is 1. The monoisotopic (exact) mass is 596 g/mol. The van der Waals surface area contributed by atoms with Crippen molar-refractivity contribution in [1.29, 1.82) is 0 Å². The minimum Gasteiger partial charge on any atom is -0.354 e. The maximum Gasteiger partial charge on any atom is 0.0544 e. The number of aryl methyl sites for hydroxylation is 1. The Kier molecular flexibility index (Phi) is 7.02. The summed E-state index contributed by atoms with van der Waals surface area (Å²) in [5.74, 6) is 0. The zero-order valence-electron chi connectivity index (χ0n) is 27.0. The van der Waals surface area contributed by atoms with Crippen LogP contribution in [0.4, 0.5) is 17.1 Å². The van der Waals surface area contributed by atoms with Gasteiger partial charge in [-0.25, -0.2) is 0 Å². The van der Waals surface area contributed by atoms with E-state index in [-0.39, 0.29) is 5.41 Å². The van der Waals surface area contributed by atoms with E-state index in [1.165, 1.54) is 77.8 Å². The molecule has 0 unspecified atom stereocenters. The van der Waals surface area contributed by atoms with Crippen molar-refractivity contribution in [3.05, 3.63) is 150 Å². The van der Waals surface area contributed by atoms with Gasteiger partial charge < -0.3 is 9.88 Å². The summed E-state index contributed by atoms with van der Waals surface area (Å²) in [7, 11) is 0. The molecule has 1 heterocycles. The average molecular weight is 597 g/mol. The third-order valence-corrected chi connectivity index (χ3v) is 10.1. The van der Waals surface area contributed by atoms with Crippen LogP contribution in [-0.2, 0) is 5.41 Å². The molecule has 0 saturated heterocycles. The van der Waals surface area contributed by atoms with E-state index >= 15 is 0 Å². The molecule has 8 rings (SSSR count). The Morgan fingerprint density at radius 1 is 0.543 bits per heavy atom. The molecule has 2 heteroatoms. The smallest absolute Gasteiger partial charge is 0.0544 e. The van der Waals surface area contributed by atoms with Gasteiger partial charge in [-0.05, 0) is 96.1 Å². The Morgan fingerprint density at radius 3 is 1.93 bits per heavy atom. The molecule has 1 aliphatic rings. The number of rotatable bonds is 8. The van der Waals surface area contributed by atoms with E-state index in [0.717, 1.165) is 25.7 Å². The third-order valence-electron chi connectivity index (χ3n) is 10.1. The van der Waals surface area contributed by atoms with Gasteiger partial charge in [0.05, 0.1) is 5.52 Å². The van der Waals surface area contributed by atoms with E-state index in [1.54, 1.807) is 0 Å². The van der Waals surface area contributed by atoms with Crippen LogP contribution in [0.25, 0.3) is 44.1 Å². The van der Waals surface area contributed by atoms with Gasteiger partial charge in [0.1, 0.15) is 0 Å². The van der Waals surface area contributed by atoms with Crippen LogP contribution < -0.4 is 4.90 Å². The van der Waals surface area contributed by atoms with Crippen LogP contribution in [0, 0.1) is 6.92 Å². The lowest BCUT2D eigenvalue weighted by molar-refractivity contribution is 0.436. The molecule has 1 aromatic heterocycles. The van der Waals surface area contributed by atoms with E-state index in [1.807, 2.05) is 0 Å². The summed E-state index contributed by atoms with van der Waals surface area (Å²) in [4.78, 5) is 6.16. The Bertz CT molecular complexity index is 2180. The number of fused-ring (bicyclic) bond motifs is 6. The number of aromatic amines is 1. The van der Waals surface area contributed by atoms with Crippen molar-refractivity contribution in [2.24, 2.45) is 0 Å². The minimum absolute atomic E-state index is 0.0375. The van der Waals surface area contributed by atoms with Gasteiger partial charge in [-0.3, -0.25) is 0 Å². The minimum atomic E-state index is -0.0375. The average Bonchev–Trinajstić information content (AvgIpc) is 3.60. The molecule has 0 bridgehead atoms. The van der Waals surface area contributed by atoms with Crippen molar-refractivity contribution >= 4 is 38.9 Å².